The summed E-state index contributed by atoms with van der Waals surface area (Å²) in [5.41, 5.74) is 0.890. The topological polar surface area (TPSA) is 49.9 Å². The van der Waals surface area contributed by atoms with E-state index in [1.54, 1.807) is 17.0 Å². The van der Waals surface area contributed by atoms with Gasteiger partial charge in [0, 0.05) is 32.7 Å². The van der Waals surface area contributed by atoms with Gasteiger partial charge in [0.1, 0.15) is 5.82 Å². The number of nitrogens with zero attached hydrogens (tertiary/aromatic N) is 2. The Hall–Kier alpha value is -1.95. The van der Waals surface area contributed by atoms with E-state index in [0.717, 1.165) is 5.56 Å². The standard InChI is InChI=1S/C20H29FN2O3/c1-4-26-12-10-19(24)22-11-9-20(25)23(18(14-22)15(2)3)13-16-5-7-17(21)8-6-16/h5-8,15,18H,4,9-14H2,1-3H3/t18-/m1/s1. The molecular weight excluding hydrogens is 335 g/mol. The first-order valence-corrected chi connectivity index (χ1v) is 9.31. The number of carbonyl (C=O) groups excluding carboxylic acids is 2. The lowest BCUT2D eigenvalue weighted by atomic mass is 10.0. The smallest absolute Gasteiger partial charge is 0.224 e. The van der Waals surface area contributed by atoms with Gasteiger partial charge in [-0.15, -0.1) is 0 Å². The first-order chi connectivity index (χ1) is 12.4. The molecule has 26 heavy (non-hydrogen) atoms. The lowest BCUT2D eigenvalue weighted by molar-refractivity contribution is -0.134. The van der Waals surface area contributed by atoms with E-state index in [1.165, 1.54) is 12.1 Å². The van der Waals surface area contributed by atoms with Crippen LogP contribution in [0, 0.1) is 11.7 Å². The molecule has 1 aliphatic heterocycles. The van der Waals surface area contributed by atoms with Crippen molar-refractivity contribution in [2.45, 2.75) is 46.2 Å². The zero-order chi connectivity index (χ0) is 19.1. The molecule has 0 aromatic heterocycles. The van der Waals surface area contributed by atoms with Gasteiger partial charge in [-0.25, -0.2) is 4.39 Å². The first kappa shape index (κ1) is 20.4. The summed E-state index contributed by atoms with van der Waals surface area (Å²) >= 11 is 0. The van der Waals surface area contributed by atoms with Crippen molar-refractivity contribution in [3.05, 3.63) is 35.6 Å². The molecule has 0 saturated carbocycles. The molecule has 2 amide bonds. The number of amides is 2. The second kappa shape index (κ2) is 9.67. The van der Waals surface area contributed by atoms with E-state index in [-0.39, 0.29) is 29.6 Å². The summed E-state index contributed by atoms with van der Waals surface area (Å²) in [6.45, 7) is 8.41. The Morgan fingerprint density at radius 1 is 1.31 bits per heavy atom. The summed E-state index contributed by atoms with van der Waals surface area (Å²) in [5.74, 6) is -0.0178. The van der Waals surface area contributed by atoms with Crippen LogP contribution in [-0.4, -0.2) is 54.0 Å². The van der Waals surface area contributed by atoms with Crippen molar-refractivity contribution < 1.29 is 18.7 Å². The largest absolute Gasteiger partial charge is 0.381 e. The van der Waals surface area contributed by atoms with E-state index in [9.17, 15) is 14.0 Å². The number of hydrogen-bond acceptors (Lipinski definition) is 3. The van der Waals surface area contributed by atoms with Crippen molar-refractivity contribution in [2.75, 3.05) is 26.3 Å². The molecule has 0 radical (unpaired) electrons. The molecule has 1 fully saturated rings. The third-order valence-electron chi connectivity index (χ3n) is 4.78. The lowest BCUT2D eigenvalue weighted by Crippen LogP contribution is -2.47. The maximum absolute atomic E-state index is 13.1. The van der Waals surface area contributed by atoms with Crippen LogP contribution < -0.4 is 0 Å². The Morgan fingerprint density at radius 3 is 2.62 bits per heavy atom. The van der Waals surface area contributed by atoms with Crippen LogP contribution in [0.4, 0.5) is 4.39 Å². The maximum atomic E-state index is 13.1. The van der Waals surface area contributed by atoms with Crippen LogP contribution in [0.5, 0.6) is 0 Å². The van der Waals surface area contributed by atoms with Crippen molar-refractivity contribution in [1.82, 2.24) is 9.80 Å². The van der Waals surface area contributed by atoms with Crippen LogP contribution in [0.1, 0.15) is 39.2 Å². The third-order valence-corrected chi connectivity index (χ3v) is 4.78. The molecule has 1 aliphatic rings. The van der Waals surface area contributed by atoms with Crippen LogP contribution in [0.3, 0.4) is 0 Å². The summed E-state index contributed by atoms with van der Waals surface area (Å²) < 4.78 is 18.4. The normalized spacial score (nSPS) is 18.3. The zero-order valence-electron chi connectivity index (χ0n) is 15.9. The van der Waals surface area contributed by atoms with Gasteiger partial charge in [0.2, 0.25) is 11.8 Å². The summed E-state index contributed by atoms with van der Waals surface area (Å²) in [6.07, 6.45) is 0.648. The highest BCUT2D eigenvalue weighted by molar-refractivity contribution is 5.80. The van der Waals surface area contributed by atoms with Gasteiger partial charge in [-0.3, -0.25) is 9.59 Å². The van der Waals surface area contributed by atoms with Gasteiger partial charge < -0.3 is 14.5 Å². The summed E-state index contributed by atoms with van der Waals surface area (Å²) in [7, 11) is 0. The average molecular weight is 364 g/mol. The van der Waals surface area contributed by atoms with E-state index in [4.69, 9.17) is 4.74 Å². The molecule has 0 bridgehead atoms. The molecule has 5 nitrogen and oxygen atoms in total. The molecular formula is C20H29FN2O3. The van der Waals surface area contributed by atoms with Crippen molar-refractivity contribution >= 4 is 11.8 Å². The van der Waals surface area contributed by atoms with Gasteiger partial charge in [-0.05, 0) is 30.5 Å². The molecule has 1 aromatic rings. The Balaban J connectivity index is 2.11. The Labute approximate surface area is 155 Å². The predicted molar refractivity (Wildman–Crippen MR) is 97.9 cm³/mol. The summed E-state index contributed by atoms with van der Waals surface area (Å²) in [5, 5.41) is 0. The molecule has 0 spiro atoms. The fourth-order valence-electron chi connectivity index (χ4n) is 3.23. The summed E-state index contributed by atoms with van der Waals surface area (Å²) in [6, 6.07) is 6.16. The van der Waals surface area contributed by atoms with E-state index in [2.05, 4.69) is 13.8 Å². The SMILES string of the molecule is CCOCCC(=O)N1CCC(=O)N(Cc2ccc(F)cc2)[C@@H](C(C)C)C1. The summed E-state index contributed by atoms with van der Waals surface area (Å²) in [4.78, 5) is 28.8. The number of rotatable bonds is 7. The van der Waals surface area contributed by atoms with Gasteiger partial charge in [0.15, 0.2) is 0 Å². The minimum Gasteiger partial charge on any atom is -0.381 e. The minimum absolute atomic E-state index is 0.0283. The van der Waals surface area contributed by atoms with Crippen LogP contribution in [-0.2, 0) is 20.9 Å². The molecule has 1 saturated heterocycles. The fourth-order valence-corrected chi connectivity index (χ4v) is 3.23. The molecule has 0 N–H and O–H groups in total. The van der Waals surface area contributed by atoms with Gasteiger partial charge >= 0.3 is 0 Å². The molecule has 144 valence electrons. The number of halogens is 1. The van der Waals surface area contributed by atoms with Gasteiger partial charge in [0.25, 0.3) is 0 Å². The van der Waals surface area contributed by atoms with Crippen LogP contribution >= 0.6 is 0 Å². The Bertz CT molecular complexity index is 604. The molecule has 2 rings (SSSR count). The van der Waals surface area contributed by atoms with Gasteiger partial charge in [-0.2, -0.15) is 0 Å². The van der Waals surface area contributed by atoms with Crippen molar-refractivity contribution in [3.8, 4) is 0 Å². The molecule has 6 heteroatoms. The zero-order valence-corrected chi connectivity index (χ0v) is 15.9. The Morgan fingerprint density at radius 2 is 2.00 bits per heavy atom. The number of ether oxygens (including phenoxy) is 1. The average Bonchev–Trinajstić information content (AvgIpc) is 2.77. The van der Waals surface area contributed by atoms with Crippen molar-refractivity contribution in [1.29, 1.82) is 0 Å². The van der Waals surface area contributed by atoms with Crippen LogP contribution in [0.2, 0.25) is 0 Å². The molecule has 1 atom stereocenters. The van der Waals surface area contributed by atoms with E-state index < -0.39 is 0 Å². The van der Waals surface area contributed by atoms with Crippen molar-refractivity contribution in [2.24, 2.45) is 5.92 Å². The van der Waals surface area contributed by atoms with E-state index >= 15 is 0 Å². The van der Waals surface area contributed by atoms with Gasteiger partial charge in [0.05, 0.1) is 19.1 Å². The molecule has 1 heterocycles. The van der Waals surface area contributed by atoms with E-state index in [0.29, 0.717) is 45.7 Å². The van der Waals surface area contributed by atoms with Gasteiger partial charge in [-0.1, -0.05) is 26.0 Å². The second-order valence-electron chi connectivity index (χ2n) is 7.00. The monoisotopic (exact) mass is 364 g/mol. The maximum Gasteiger partial charge on any atom is 0.224 e. The van der Waals surface area contributed by atoms with Crippen molar-refractivity contribution in [3.63, 3.8) is 0 Å². The molecule has 1 aromatic carbocycles. The Kier molecular flexibility index (Phi) is 7.57. The number of benzene rings is 1. The lowest BCUT2D eigenvalue weighted by Gasteiger charge is -2.34. The van der Waals surface area contributed by atoms with Crippen LogP contribution in [0.25, 0.3) is 0 Å². The predicted octanol–water partition coefficient (Wildman–Crippen LogP) is 2.84. The quantitative estimate of drug-likeness (QED) is 0.699. The highest BCUT2D eigenvalue weighted by Gasteiger charge is 2.33. The minimum atomic E-state index is -0.289. The molecule has 0 aliphatic carbocycles. The number of carbonyl (C=O) groups is 2. The number of hydrogen-bond donors (Lipinski definition) is 0. The highest BCUT2D eigenvalue weighted by atomic mass is 19.1. The highest BCUT2D eigenvalue weighted by Crippen LogP contribution is 2.21. The molecule has 0 unspecified atom stereocenters. The van der Waals surface area contributed by atoms with E-state index in [1.807, 2.05) is 11.8 Å². The fraction of sp³-hybridized carbons (Fsp3) is 0.600. The third kappa shape index (κ3) is 5.53. The first-order valence-electron chi connectivity index (χ1n) is 9.31. The second-order valence-corrected chi connectivity index (χ2v) is 7.00. The van der Waals surface area contributed by atoms with Crippen LogP contribution in [0.15, 0.2) is 24.3 Å².